The average Bonchev–Trinajstić information content (AvgIpc) is 3.06. The zero-order valence-corrected chi connectivity index (χ0v) is 14.5. The number of hydrogen-bond donors (Lipinski definition) is 0. The first kappa shape index (κ1) is 17.2. The number of aromatic nitrogens is 2. The molecular formula is C19H24N4O2. The maximum Gasteiger partial charge on any atom is 0.246 e. The van der Waals surface area contributed by atoms with Gasteiger partial charge in [0.15, 0.2) is 0 Å². The lowest BCUT2D eigenvalue weighted by atomic mass is 10.2. The fraction of sp³-hybridized carbons (Fsp3) is 0.368. The molecule has 1 fully saturated rings. The number of nitrogens with zero attached hydrogens (tertiary/aromatic N) is 4. The van der Waals surface area contributed by atoms with Gasteiger partial charge in [0.05, 0.1) is 6.20 Å². The molecule has 1 amide bonds. The Morgan fingerprint density at radius 1 is 1.20 bits per heavy atom. The number of hydrogen-bond acceptors (Lipinski definition) is 4. The Bertz CT molecular complexity index is 703. The quantitative estimate of drug-likeness (QED) is 0.751. The number of carbonyl (C=O) groups excluding carboxylic acids is 1. The second-order valence-corrected chi connectivity index (χ2v) is 6.11. The van der Waals surface area contributed by atoms with Gasteiger partial charge in [-0.2, -0.15) is 5.10 Å². The fourth-order valence-electron chi connectivity index (χ4n) is 2.80. The van der Waals surface area contributed by atoms with Gasteiger partial charge in [-0.05, 0) is 18.2 Å². The van der Waals surface area contributed by atoms with Gasteiger partial charge >= 0.3 is 0 Å². The summed E-state index contributed by atoms with van der Waals surface area (Å²) in [5.74, 6) is 0.959. The Hall–Kier alpha value is -2.60. The third-order valence-corrected chi connectivity index (χ3v) is 4.25. The number of para-hydroxylation sites is 1. The highest BCUT2D eigenvalue weighted by molar-refractivity contribution is 5.91. The Morgan fingerprint density at radius 2 is 1.96 bits per heavy atom. The molecule has 1 aliphatic heterocycles. The Kier molecular flexibility index (Phi) is 5.85. The highest BCUT2D eigenvalue weighted by Gasteiger charge is 2.19. The summed E-state index contributed by atoms with van der Waals surface area (Å²) in [5.41, 5.74) is 0.938. The molecule has 0 N–H and O–H groups in total. The van der Waals surface area contributed by atoms with Crippen LogP contribution in [0.1, 0.15) is 5.56 Å². The predicted octanol–water partition coefficient (Wildman–Crippen LogP) is 1.66. The van der Waals surface area contributed by atoms with E-state index in [2.05, 4.69) is 10.00 Å². The molecule has 3 rings (SSSR count). The van der Waals surface area contributed by atoms with Crippen LogP contribution >= 0.6 is 0 Å². The molecule has 6 heteroatoms. The normalized spacial score (nSPS) is 15.6. The number of ether oxygens (including phenoxy) is 1. The smallest absolute Gasteiger partial charge is 0.246 e. The van der Waals surface area contributed by atoms with Gasteiger partial charge in [-0.1, -0.05) is 18.2 Å². The monoisotopic (exact) mass is 340 g/mol. The number of piperazine rings is 1. The molecule has 1 aromatic carbocycles. The summed E-state index contributed by atoms with van der Waals surface area (Å²) < 4.78 is 7.45. The van der Waals surface area contributed by atoms with Gasteiger partial charge < -0.3 is 9.64 Å². The van der Waals surface area contributed by atoms with Crippen LogP contribution in [0.3, 0.4) is 0 Å². The van der Waals surface area contributed by atoms with Gasteiger partial charge in [0.1, 0.15) is 12.4 Å². The Labute approximate surface area is 148 Å². The maximum absolute atomic E-state index is 12.3. The van der Waals surface area contributed by atoms with Crippen molar-refractivity contribution in [1.29, 1.82) is 0 Å². The molecular weight excluding hydrogens is 316 g/mol. The van der Waals surface area contributed by atoms with Crippen LogP contribution in [0.4, 0.5) is 0 Å². The lowest BCUT2D eigenvalue weighted by molar-refractivity contribution is -0.127. The van der Waals surface area contributed by atoms with Crippen molar-refractivity contribution < 1.29 is 9.53 Å². The van der Waals surface area contributed by atoms with Crippen LogP contribution in [-0.4, -0.2) is 64.8 Å². The molecule has 0 aliphatic carbocycles. The average molecular weight is 340 g/mol. The summed E-state index contributed by atoms with van der Waals surface area (Å²) >= 11 is 0. The third-order valence-electron chi connectivity index (χ3n) is 4.25. The molecule has 0 radical (unpaired) electrons. The van der Waals surface area contributed by atoms with Crippen molar-refractivity contribution in [3.05, 3.63) is 54.4 Å². The fourth-order valence-corrected chi connectivity index (χ4v) is 2.80. The molecule has 0 saturated carbocycles. The van der Waals surface area contributed by atoms with E-state index in [1.807, 2.05) is 54.6 Å². The molecule has 25 heavy (non-hydrogen) atoms. The van der Waals surface area contributed by atoms with Crippen LogP contribution in [-0.2, 0) is 11.8 Å². The molecule has 1 aromatic heterocycles. The molecule has 2 aromatic rings. The van der Waals surface area contributed by atoms with Gasteiger partial charge in [-0.15, -0.1) is 0 Å². The number of aryl methyl sites for hydroxylation is 1. The van der Waals surface area contributed by atoms with Gasteiger partial charge in [0, 0.05) is 57.6 Å². The van der Waals surface area contributed by atoms with Crippen molar-refractivity contribution in [1.82, 2.24) is 19.6 Å². The standard InChI is InChI=1S/C19H24N4O2/c1-21-16-17(15-20-21)7-8-19(24)23-11-9-22(10-12-23)13-14-25-18-5-3-2-4-6-18/h2-8,15-16H,9-14H2,1H3/b8-7+. The third kappa shape index (κ3) is 5.19. The van der Waals surface area contributed by atoms with E-state index in [1.165, 1.54) is 0 Å². The van der Waals surface area contributed by atoms with E-state index in [0.717, 1.165) is 44.0 Å². The second-order valence-electron chi connectivity index (χ2n) is 6.11. The van der Waals surface area contributed by atoms with E-state index in [9.17, 15) is 4.79 Å². The van der Waals surface area contributed by atoms with E-state index < -0.39 is 0 Å². The maximum atomic E-state index is 12.3. The number of amides is 1. The molecule has 0 bridgehead atoms. The molecule has 1 saturated heterocycles. The molecule has 0 atom stereocenters. The number of rotatable bonds is 6. The van der Waals surface area contributed by atoms with E-state index in [1.54, 1.807) is 17.0 Å². The molecule has 1 aliphatic rings. The zero-order valence-electron chi connectivity index (χ0n) is 14.5. The van der Waals surface area contributed by atoms with Crippen molar-refractivity contribution in [2.45, 2.75) is 0 Å². The van der Waals surface area contributed by atoms with Crippen molar-refractivity contribution in [3.63, 3.8) is 0 Å². The second kappa shape index (κ2) is 8.48. The first-order valence-corrected chi connectivity index (χ1v) is 8.56. The lowest BCUT2D eigenvalue weighted by Gasteiger charge is -2.34. The summed E-state index contributed by atoms with van der Waals surface area (Å²) in [6.45, 7) is 4.81. The summed E-state index contributed by atoms with van der Waals surface area (Å²) in [4.78, 5) is 16.5. The van der Waals surface area contributed by atoms with Crippen LogP contribution in [0.5, 0.6) is 5.75 Å². The van der Waals surface area contributed by atoms with E-state index in [-0.39, 0.29) is 5.91 Å². The first-order valence-electron chi connectivity index (χ1n) is 8.56. The number of carbonyl (C=O) groups is 1. The highest BCUT2D eigenvalue weighted by atomic mass is 16.5. The van der Waals surface area contributed by atoms with Crippen LogP contribution < -0.4 is 4.74 Å². The summed E-state index contributed by atoms with van der Waals surface area (Å²) in [6.07, 6.45) is 7.07. The largest absolute Gasteiger partial charge is 0.492 e. The molecule has 0 spiro atoms. The van der Waals surface area contributed by atoms with Gasteiger partial charge in [-0.3, -0.25) is 14.4 Å². The molecule has 132 valence electrons. The molecule has 0 unspecified atom stereocenters. The van der Waals surface area contributed by atoms with Crippen LogP contribution in [0.25, 0.3) is 6.08 Å². The van der Waals surface area contributed by atoms with E-state index in [4.69, 9.17) is 4.74 Å². The van der Waals surface area contributed by atoms with Crippen molar-refractivity contribution in [3.8, 4) is 5.75 Å². The van der Waals surface area contributed by atoms with Gasteiger partial charge in [0.25, 0.3) is 0 Å². The van der Waals surface area contributed by atoms with Crippen LogP contribution in [0.15, 0.2) is 48.8 Å². The van der Waals surface area contributed by atoms with Crippen molar-refractivity contribution in [2.24, 2.45) is 7.05 Å². The van der Waals surface area contributed by atoms with Crippen LogP contribution in [0.2, 0.25) is 0 Å². The van der Waals surface area contributed by atoms with E-state index >= 15 is 0 Å². The summed E-state index contributed by atoms with van der Waals surface area (Å²) in [5, 5.41) is 4.09. The summed E-state index contributed by atoms with van der Waals surface area (Å²) in [6, 6.07) is 9.85. The molecule has 2 heterocycles. The van der Waals surface area contributed by atoms with Gasteiger partial charge in [-0.25, -0.2) is 0 Å². The predicted molar refractivity (Wildman–Crippen MR) is 97.2 cm³/mol. The Morgan fingerprint density at radius 3 is 2.64 bits per heavy atom. The van der Waals surface area contributed by atoms with Crippen LogP contribution in [0, 0.1) is 0 Å². The number of benzene rings is 1. The first-order chi connectivity index (χ1) is 12.2. The topological polar surface area (TPSA) is 50.6 Å². The highest BCUT2D eigenvalue weighted by Crippen LogP contribution is 2.09. The lowest BCUT2D eigenvalue weighted by Crippen LogP contribution is -2.49. The minimum Gasteiger partial charge on any atom is -0.492 e. The SMILES string of the molecule is Cn1cc(/C=C/C(=O)N2CCN(CCOc3ccccc3)CC2)cn1. The Balaban J connectivity index is 1.38. The van der Waals surface area contributed by atoms with Gasteiger partial charge in [0.2, 0.25) is 5.91 Å². The van der Waals surface area contributed by atoms with Crippen molar-refractivity contribution >= 4 is 12.0 Å². The van der Waals surface area contributed by atoms with E-state index in [0.29, 0.717) is 6.61 Å². The summed E-state index contributed by atoms with van der Waals surface area (Å²) in [7, 11) is 1.86. The zero-order chi connectivity index (χ0) is 17.5. The van der Waals surface area contributed by atoms with Crippen molar-refractivity contribution in [2.75, 3.05) is 39.3 Å². The minimum absolute atomic E-state index is 0.0593. The minimum atomic E-state index is 0.0593. The molecule has 6 nitrogen and oxygen atoms in total.